The number of benzene rings is 10. The quantitative estimate of drug-likeness (QED) is 0.0807. The molecule has 0 bridgehead atoms. The third-order valence-corrected chi connectivity index (χ3v) is 11.0. The van der Waals surface area contributed by atoms with Crippen molar-refractivity contribution in [3.8, 4) is 0 Å². The van der Waals surface area contributed by atoms with Crippen LogP contribution in [-0.2, 0) is 0 Å². The lowest BCUT2D eigenvalue weighted by Crippen LogP contribution is -1.88. The molecule has 52 heavy (non-hydrogen) atoms. The Labute approximate surface area is 348 Å². The number of alkyl halides is 3. The highest BCUT2D eigenvalue weighted by Crippen LogP contribution is 2.46. The van der Waals surface area contributed by atoms with E-state index in [-0.39, 0.29) is 0 Å². The van der Waals surface area contributed by atoms with Crippen LogP contribution in [0.5, 0.6) is 0 Å². The Morgan fingerprint density at radius 2 is 0.519 bits per heavy atom. The maximum atomic E-state index is 4.81. The predicted octanol–water partition coefficient (Wildman–Crippen LogP) is 17.8. The average molecular weight is 994 g/mol. The summed E-state index contributed by atoms with van der Waals surface area (Å²) < 4.78 is 1.58. The summed E-state index contributed by atoms with van der Waals surface area (Å²) in [5, 5.41) is 20.8. The van der Waals surface area contributed by atoms with E-state index in [9.17, 15) is 0 Å². The summed E-state index contributed by atoms with van der Waals surface area (Å²) in [4.78, 5) is 0. The monoisotopic (exact) mass is 988 g/mol. The summed E-state index contributed by atoms with van der Waals surface area (Å²) in [6.07, 6.45) is 0. The van der Waals surface area contributed by atoms with Gasteiger partial charge in [-0.15, -0.1) is 0 Å². The minimum atomic E-state index is -0.750. The molecule has 0 aliphatic carbocycles. The van der Waals surface area contributed by atoms with Gasteiger partial charge in [0.2, 0.25) is 0 Å². The Balaban J connectivity index is 0.000000141. The van der Waals surface area contributed by atoms with Crippen molar-refractivity contribution in [2.45, 2.75) is 4.30 Å². The Morgan fingerprint density at radius 3 is 0.827 bits per heavy atom. The van der Waals surface area contributed by atoms with E-state index in [1.165, 1.54) is 95.1 Å². The van der Waals surface area contributed by atoms with Gasteiger partial charge in [-0.1, -0.05) is 180 Å². The van der Waals surface area contributed by atoms with Crippen LogP contribution in [-0.4, -0.2) is 4.30 Å². The van der Waals surface area contributed by atoms with E-state index in [0.29, 0.717) is 0 Å². The van der Waals surface area contributed by atoms with E-state index in [1.54, 1.807) is 0 Å². The van der Waals surface area contributed by atoms with Gasteiger partial charge in [0.1, 0.15) is 0 Å². The molecular weight excluding hydrogens is 966 g/mol. The maximum absolute atomic E-state index is 4.81. The molecule has 0 amide bonds. The zero-order valence-corrected chi connectivity index (χ0v) is 35.8. The number of hydrogen-bond donors (Lipinski definition) is 0. The molecule has 0 saturated carbocycles. The molecule has 0 radical (unpaired) electrons. The summed E-state index contributed by atoms with van der Waals surface area (Å²) in [7, 11) is 0. The second-order valence-corrected chi connectivity index (χ2v) is 15.7. The van der Waals surface area contributed by atoms with Gasteiger partial charge in [0.15, 0.2) is 4.30 Å². The molecule has 0 aromatic heterocycles. The molecular formula is C45H27Br4Cl3. The largest absolute Gasteiger partial charge is 0.180 e. The van der Waals surface area contributed by atoms with E-state index in [0.717, 1.165) is 0 Å². The summed E-state index contributed by atoms with van der Waals surface area (Å²) in [5.74, 6) is 0. The van der Waals surface area contributed by atoms with Crippen LogP contribution in [0.1, 0.15) is 0 Å². The first-order valence-corrected chi connectivity index (χ1v) is 22.9. The van der Waals surface area contributed by atoms with Crippen molar-refractivity contribution in [3.05, 3.63) is 167 Å². The van der Waals surface area contributed by atoms with Crippen LogP contribution in [0.4, 0.5) is 0 Å². The normalized spacial score (nSPS) is 11.2. The number of fused-ring (bicyclic) bond motifs is 14. The molecule has 0 N–H and O–H groups in total. The zero-order valence-electron chi connectivity index (χ0n) is 27.2. The van der Waals surface area contributed by atoms with Gasteiger partial charge in [0.25, 0.3) is 0 Å². The summed E-state index contributed by atoms with van der Waals surface area (Å²) in [5.41, 5.74) is 0. The van der Waals surface area contributed by atoms with Gasteiger partial charge in [-0.05, 0) is 119 Å². The summed E-state index contributed by atoms with van der Waals surface area (Å²) in [6, 6.07) is 56.6. The van der Waals surface area contributed by atoms with E-state index in [4.69, 9.17) is 34.8 Å². The average Bonchev–Trinajstić information content (AvgIpc) is 3.20. The molecule has 0 nitrogen and oxygen atoms in total. The molecule has 256 valence electrons. The third kappa shape index (κ3) is 7.05. The molecule has 0 heterocycles. The summed E-state index contributed by atoms with van der Waals surface area (Å²) >= 11 is 27.7. The first kappa shape index (κ1) is 37.4. The second-order valence-electron chi connectivity index (χ2n) is 12.1. The molecule has 10 aromatic rings. The molecule has 0 fully saturated rings. The number of halogens is 7. The predicted molar refractivity (Wildman–Crippen MR) is 248 cm³/mol. The summed E-state index contributed by atoms with van der Waals surface area (Å²) in [6.45, 7) is 0. The topological polar surface area (TPSA) is 0 Å². The van der Waals surface area contributed by atoms with E-state index in [2.05, 4.69) is 218 Å². The van der Waals surface area contributed by atoms with Gasteiger partial charge in [0, 0.05) is 48.0 Å². The number of hydrogen-bond acceptors (Lipinski definition) is 0. The van der Waals surface area contributed by atoms with Crippen LogP contribution in [0.15, 0.2) is 167 Å². The van der Waals surface area contributed by atoms with Crippen molar-refractivity contribution < 1.29 is 0 Å². The fourth-order valence-electron chi connectivity index (χ4n) is 7.32. The highest BCUT2D eigenvalue weighted by molar-refractivity contribution is 9.93. The fourth-order valence-corrected chi connectivity index (χ4v) is 8.84. The minimum Gasteiger partial charge on any atom is -0.0874 e. The van der Waals surface area contributed by atoms with Gasteiger partial charge in [-0.25, -0.2) is 0 Å². The maximum Gasteiger partial charge on any atom is 0.180 e. The molecule has 0 atom stereocenters. The lowest BCUT2D eigenvalue weighted by atomic mass is 9.92. The van der Waals surface area contributed by atoms with Gasteiger partial charge in [0.05, 0.1) is 0 Å². The second kappa shape index (κ2) is 16.6. The van der Waals surface area contributed by atoms with Crippen LogP contribution >= 0.6 is 94.9 Å². The Kier molecular flexibility index (Phi) is 11.9. The van der Waals surface area contributed by atoms with Gasteiger partial charge in [-0.2, -0.15) is 0 Å². The van der Waals surface area contributed by atoms with Crippen molar-refractivity contribution in [2.24, 2.45) is 0 Å². The van der Waals surface area contributed by atoms with E-state index >= 15 is 0 Å². The molecule has 10 rings (SSSR count). The minimum absolute atomic E-state index is 0.750. The Morgan fingerprint density at radius 1 is 0.308 bits per heavy atom. The van der Waals surface area contributed by atoms with Crippen LogP contribution < -0.4 is 0 Å². The standard InChI is InChI=1S/C22H12Br2.C22H14.CHCl3.Br2/c23-21-17-11-5-6-12-18(17)22(24)20-16-10-4-2-8-14(16)13-7-1-3-9-15(13)19(20)21;1-2-8-16-14-22-20-12-6-4-10-18(20)17-9-3-5-11-19(17)21(22)13-15(16)7-1;2-1(3)4;1-2/h1-12H;1-14H;1H;. The SMILES string of the molecule is BrBr.Brc1c2ccccc2c(Br)c2c3ccccc3c3ccccc3c12.ClC(Cl)Cl.c1ccc2cc3c4ccccc4c4ccccc4c3cc2c1. The fraction of sp³-hybridized carbons (Fsp3) is 0.0222. The van der Waals surface area contributed by atoms with Crippen LogP contribution in [0, 0.1) is 0 Å². The highest BCUT2D eigenvalue weighted by Gasteiger charge is 2.17. The molecule has 0 saturated heterocycles. The van der Waals surface area contributed by atoms with Crippen LogP contribution in [0.25, 0.3) is 86.2 Å². The molecule has 7 heteroatoms. The molecule has 0 spiro atoms. The molecule has 0 unspecified atom stereocenters. The van der Waals surface area contributed by atoms with Gasteiger partial charge >= 0.3 is 0 Å². The first-order chi connectivity index (χ1) is 25.4. The van der Waals surface area contributed by atoms with Crippen LogP contribution in [0.2, 0.25) is 0 Å². The smallest absolute Gasteiger partial charge is 0.0874 e. The molecule has 0 aliphatic heterocycles. The zero-order chi connectivity index (χ0) is 36.4. The lowest BCUT2D eigenvalue weighted by molar-refractivity contribution is 1.74. The molecule has 10 aromatic carbocycles. The third-order valence-electron chi connectivity index (χ3n) is 9.38. The number of rotatable bonds is 0. The van der Waals surface area contributed by atoms with Crippen molar-refractivity contribution in [1.82, 2.24) is 0 Å². The highest BCUT2D eigenvalue weighted by atomic mass is 80.9. The van der Waals surface area contributed by atoms with E-state index < -0.39 is 4.30 Å². The van der Waals surface area contributed by atoms with E-state index in [1.807, 2.05) is 0 Å². The molecule has 0 aliphatic rings. The van der Waals surface area contributed by atoms with Gasteiger partial charge < -0.3 is 0 Å². The lowest BCUT2D eigenvalue weighted by Gasteiger charge is -2.15. The van der Waals surface area contributed by atoms with Crippen molar-refractivity contribution in [2.75, 3.05) is 0 Å². The first-order valence-electron chi connectivity index (χ1n) is 16.3. The Hall–Kier alpha value is -2.93. The van der Waals surface area contributed by atoms with Crippen molar-refractivity contribution >= 4 is 181 Å². The van der Waals surface area contributed by atoms with Crippen LogP contribution in [0.3, 0.4) is 0 Å². The van der Waals surface area contributed by atoms with Gasteiger partial charge in [-0.3, -0.25) is 0 Å². The van der Waals surface area contributed by atoms with Crippen molar-refractivity contribution in [1.29, 1.82) is 0 Å². The van der Waals surface area contributed by atoms with Crippen molar-refractivity contribution in [3.63, 3.8) is 0 Å². The Bertz CT molecular complexity index is 2710.